The second kappa shape index (κ2) is 9.02. The summed E-state index contributed by atoms with van der Waals surface area (Å²) >= 11 is 3.42. The van der Waals surface area contributed by atoms with Crippen LogP contribution in [0.3, 0.4) is 0 Å². The average Bonchev–Trinajstić information content (AvgIpc) is 3.03. The van der Waals surface area contributed by atoms with Gasteiger partial charge in [0.05, 0.1) is 6.54 Å². The first kappa shape index (κ1) is 18.7. The molecule has 0 fully saturated rings. The second-order valence-electron chi connectivity index (χ2n) is 5.29. The third-order valence-electron chi connectivity index (χ3n) is 3.62. The molecule has 1 aromatic heterocycles. The molecule has 3 aromatic rings. The Bertz CT molecular complexity index is 773. The summed E-state index contributed by atoms with van der Waals surface area (Å²) in [5, 5.41) is 3.28. The van der Waals surface area contributed by atoms with E-state index in [4.69, 9.17) is 4.42 Å². The lowest BCUT2D eigenvalue weighted by atomic mass is 10.1. The van der Waals surface area contributed by atoms with E-state index < -0.39 is 0 Å². The van der Waals surface area contributed by atoms with Crippen LogP contribution in [-0.4, -0.2) is 6.54 Å². The highest BCUT2D eigenvalue weighted by Crippen LogP contribution is 2.23. The van der Waals surface area contributed by atoms with E-state index in [1.807, 2.05) is 48.5 Å². The zero-order valence-electron chi connectivity index (χ0n) is 13.0. The molecular formula is C19H18BrClFNO. The van der Waals surface area contributed by atoms with E-state index in [2.05, 4.69) is 21.2 Å². The Morgan fingerprint density at radius 2 is 1.71 bits per heavy atom. The molecule has 0 aliphatic carbocycles. The van der Waals surface area contributed by atoms with E-state index in [0.717, 1.165) is 27.1 Å². The summed E-state index contributed by atoms with van der Waals surface area (Å²) in [6.45, 7) is 1.33. The maximum absolute atomic E-state index is 13.5. The second-order valence-corrected chi connectivity index (χ2v) is 6.21. The highest BCUT2D eigenvalue weighted by atomic mass is 79.9. The van der Waals surface area contributed by atoms with Gasteiger partial charge in [0.1, 0.15) is 17.3 Å². The van der Waals surface area contributed by atoms with Crippen LogP contribution < -0.4 is 5.32 Å². The quantitative estimate of drug-likeness (QED) is 0.535. The highest BCUT2D eigenvalue weighted by Gasteiger charge is 2.05. The minimum Gasteiger partial charge on any atom is -0.460 e. The lowest BCUT2D eigenvalue weighted by Gasteiger charge is -2.04. The Labute approximate surface area is 155 Å². The molecule has 2 nitrogen and oxygen atoms in total. The minimum absolute atomic E-state index is 0. The summed E-state index contributed by atoms with van der Waals surface area (Å²) in [6, 6.07) is 18.8. The number of furan rings is 1. The van der Waals surface area contributed by atoms with Gasteiger partial charge in [-0.25, -0.2) is 4.39 Å². The Kier molecular flexibility index (Phi) is 7.03. The van der Waals surface area contributed by atoms with Gasteiger partial charge in [0.2, 0.25) is 0 Å². The molecule has 0 amide bonds. The van der Waals surface area contributed by atoms with Crippen molar-refractivity contribution >= 4 is 28.3 Å². The molecule has 0 unspecified atom stereocenters. The molecule has 126 valence electrons. The van der Waals surface area contributed by atoms with Crippen molar-refractivity contribution in [2.75, 3.05) is 6.54 Å². The molecule has 0 aliphatic heterocycles. The first-order chi connectivity index (χ1) is 11.2. The van der Waals surface area contributed by atoms with Crippen molar-refractivity contribution in [1.82, 2.24) is 5.32 Å². The number of hydrogen-bond donors (Lipinski definition) is 1. The van der Waals surface area contributed by atoms with E-state index in [1.54, 1.807) is 6.07 Å². The zero-order valence-corrected chi connectivity index (χ0v) is 15.4. The summed E-state index contributed by atoms with van der Waals surface area (Å²) in [4.78, 5) is 0. The summed E-state index contributed by atoms with van der Waals surface area (Å²) < 4.78 is 20.4. The molecule has 5 heteroatoms. The summed E-state index contributed by atoms with van der Waals surface area (Å²) in [6.07, 6.45) is 0.660. The van der Waals surface area contributed by atoms with Crippen LogP contribution in [0.25, 0.3) is 11.3 Å². The first-order valence-electron chi connectivity index (χ1n) is 7.51. The standard InChI is InChI=1S/C19H17BrFNO.ClH/c20-16-7-5-15(6-8-16)19-10-9-17(23-19)13-22-12-11-14-3-1-2-4-18(14)21;/h1-10,22H,11-13H2;1H. The molecular weight excluding hydrogens is 393 g/mol. The Hall–Kier alpha value is -1.62. The molecule has 0 saturated carbocycles. The predicted octanol–water partition coefficient (Wildman–Crippen LogP) is 5.60. The van der Waals surface area contributed by atoms with Gasteiger partial charge >= 0.3 is 0 Å². The van der Waals surface area contributed by atoms with E-state index in [1.165, 1.54) is 6.07 Å². The van der Waals surface area contributed by atoms with Crippen molar-refractivity contribution < 1.29 is 8.81 Å². The van der Waals surface area contributed by atoms with Crippen LogP contribution in [0.1, 0.15) is 11.3 Å². The first-order valence-corrected chi connectivity index (χ1v) is 8.30. The molecule has 1 N–H and O–H groups in total. The van der Waals surface area contributed by atoms with Crippen LogP contribution in [0.4, 0.5) is 4.39 Å². The summed E-state index contributed by atoms with van der Waals surface area (Å²) in [5.74, 6) is 1.57. The van der Waals surface area contributed by atoms with Crippen LogP contribution in [-0.2, 0) is 13.0 Å². The van der Waals surface area contributed by atoms with Gasteiger partial charge in [0, 0.05) is 10.0 Å². The summed E-state index contributed by atoms with van der Waals surface area (Å²) in [7, 11) is 0. The summed E-state index contributed by atoms with van der Waals surface area (Å²) in [5.41, 5.74) is 1.78. The molecule has 0 atom stereocenters. The van der Waals surface area contributed by atoms with E-state index in [9.17, 15) is 4.39 Å². The van der Waals surface area contributed by atoms with Crippen molar-refractivity contribution in [2.45, 2.75) is 13.0 Å². The van der Waals surface area contributed by atoms with Gasteiger partial charge in [-0.2, -0.15) is 0 Å². The highest BCUT2D eigenvalue weighted by molar-refractivity contribution is 9.10. The number of benzene rings is 2. The van der Waals surface area contributed by atoms with Gasteiger partial charge in [0.15, 0.2) is 0 Å². The fourth-order valence-corrected chi connectivity index (χ4v) is 2.64. The van der Waals surface area contributed by atoms with Gasteiger partial charge in [-0.3, -0.25) is 0 Å². The number of hydrogen-bond acceptors (Lipinski definition) is 2. The van der Waals surface area contributed by atoms with Crippen molar-refractivity contribution in [3.05, 3.63) is 82.3 Å². The van der Waals surface area contributed by atoms with Crippen LogP contribution in [0, 0.1) is 5.82 Å². The third-order valence-corrected chi connectivity index (χ3v) is 4.15. The Morgan fingerprint density at radius 1 is 0.958 bits per heavy atom. The van der Waals surface area contributed by atoms with Gasteiger partial charge < -0.3 is 9.73 Å². The van der Waals surface area contributed by atoms with Crippen LogP contribution in [0.5, 0.6) is 0 Å². The van der Waals surface area contributed by atoms with E-state index in [-0.39, 0.29) is 18.2 Å². The largest absolute Gasteiger partial charge is 0.460 e. The zero-order chi connectivity index (χ0) is 16.1. The molecule has 0 bridgehead atoms. The molecule has 0 spiro atoms. The molecule has 3 rings (SSSR count). The number of halogens is 3. The molecule has 0 saturated heterocycles. The lowest BCUT2D eigenvalue weighted by molar-refractivity contribution is 0.493. The van der Waals surface area contributed by atoms with Crippen LogP contribution >= 0.6 is 28.3 Å². The Morgan fingerprint density at radius 3 is 2.46 bits per heavy atom. The molecule has 1 heterocycles. The van der Waals surface area contributed by atoms with Crippen molar-refractivity contribution in [1.29, 1.82) is 0 Å². The number of rotatable bonds is 6. The van der Waals surface area contributed by atoms with Gasteiger partial charge in [-0.15, -0.1) is 12.4 Å². The van der Waals surface area contributed by atoms with Crippen LogP contribution in [0.15, 0.2) is 69.6 Å². The van der Waals surface area contributed by atoms with Crippen molar-refractivity contribution in [3.8, 4) is 11.3 Å². The maximum Gasteiger partial charge on any atom is 0.134 e. The van der Waals surface area contributed by atoms with Gasteiger partial charge in [-0.05, 0) is 48.9 Å². The van der Waals surface area contributed by atoms with E-state index in [0.29, 0.717) is 19.5 Å². The molecule has 0 radical (unpaired) electrons. The third kappa shape index (κ3) is 4.94. The van der Waals surface area contributed by atoms with Crippen LogP contribution in [0.2, 0.25) is 0 Å². The van der Waals surface area contributed by atoms with E-state index >= 15 is 0 Å². The van der Waals surface area contributed by atoms with Gasteiger partial charge in [0.25, 0.3) is 0 Å². The predicted molar refractivity (Wildman–Crippen MR) is 101 cm³/mol. The van der Waals surface area contributed by atoms with Crippen molar-refractivity contribution in [2.24, 2.45) is 0 Å². The fourth-order valence-electron chi connectivity index (χ4n) is 2.38. The minimum atomic E-state index is -0.148. The normalized spacial score (nSPS) is 10.4. The number of nitrogens with one attached hydrogen (secondary N) is 1. The molecule has 24 heavy (non-hydrogen) atoms. The topological polar surface area (TPSA) is 25.2 Å². The Balaban J connectivity index is 0.00000208. The SMILES string of the molecule is Cl.Fc1ccccc1CCNCc1ccc(-c2ccc(Br)cc2)o1. The maximum atomic E-state index is 13.5. The smallest absolute Gasteiger partial charge is 0.134 e. The van der Waals surface area contributed by atoms with Crippen molar-refractivity contribution in [3.63, 3.8) is 0 Å². The fraction of sp³-hybridized carbons (Fsp3) is 0.158. The molecule has 2 aromatic carbocycles. The van der Waals surface area contributed by atoms with Gasteiger partial charge in [-0.1, -0.05) is 46.3 Å². The average molecular weight is 411 g/mol. The molecule has 0 aliphatic rings. The monoisotopic (exact) mass is 409 g/mol. The lowest BCUT2D eigenvalue weighted by Crippen LogP contribution is -2.16.